The molecule has 0 aromatic carbocycles. The zero-order chi connectivity index (χ0) is 8.27. The average molecular weight is 234 g/mol. The minimum atomic E-state index is 0.364. The minimum absolute atomic E-state index is 0.364. The number of aldehydes is 1. The van der Waals surface area contributed by atoms with Gasteiger partial charge >= 0.3 is 0 Å². The van der Waals surface area contributed by atoms with Crippen molar-refractivity contribution in [2.45, 2.75) is 6.42 Å². The van der Waals surface area contributed by atoms with E-state index in [4.69, 9.17) is 11.6 Å². The van der Waals surface area contributed by atoms with Crippen LogP contribution in [0.25, 0.3) is 0 Å². The number of halogens is 2. The third-order valence-electron chi connectivity index (χ3n) is 1.20. The van der Waals surface area contributed by atoms with Crippen molar-refractivity contribution in [1.29, 1.82) is 0 Å². The summed E-state index contributed by atoms with van der Waals surface area (Å²) in [6, 6.07) is 1.67. The van der Waals surface area contributed by atoms with Gasteiger partial charge in [0.2, 0.25) is 0 Å². The molecule has 0 saturated carbocycles. The first-order valence-corrected chi connectivity index (χ1v) is 4.14. The van der Waals surface area contributed by atoms with Gasteiger partial charge in [-0.15, -0.1) is 0 Å². The normalized spacial score (nSPS) is 9.64. The molecular weight excluding hydrogens is 229 g/mol. The molecule has 0 aliphatic heterocycles. The van der Waals surface area contributed by atoms with Gasteiger partial charge in [0.05, 0.1) is 0 Å². The Hall–Kier alpha value is -0.410. The Kier molecular flexibility index (Phi) is 3.02. The Morgan fingerprint density at radius 3 is 3.09 bits per heavy atom. The predicted octanol–water partition coefficient (Wildman–Crippen LogP) is 2.24. The Balaban J connectivity index is 3.01. The molecule has 0 unspecified atom stereocenters. The van der Waals surface area contributed by atoms with E-state index in [0.29, 0.717) is 11.6 Å². The van der Waals surface area contributed by atoms with Gasteiger partial charge < -0.3 is 4.79 Å². The molecule has 0 aliphatic rings. The van der Waals surface area contributed by atoms with Crippen molar-refractivity contribution in [3.05, 3.63) is 27.5 Å². The molecule has 1 aromatic heterocycles. The third kappa shape index (κ3) is 2.27. The summed E-state index contributed by atoms with van der Waals surface area (Å²) in [5.41, 5.74) is 0.861. The van der Waals surface area contributed by atoms with E-state index in [-0.39, 0.29) is 0 Å². The number of carbonyl (C=O) groups is 1. The van der Waals surface area contributed by atoms with Gasteiger partial charge in [0.15, 0.2) is 0 Å². The van der Waals surface area contributed by atoms with Gasteiger partial charge in [-0.05, 0) is 27.6 Å². The molecule has 0 saturated heterocycles. The second-order valence-electron chi connectivity index (χ2n) is 1.97. The molecule has 0 amide bonds. The van der Waals surface area contributed by atoms with Crippen LogP contribution in [0.3, 0.4) is 0 Å². The SMILES string of the molecule is O=CCc1cc(Cl)ncc1Br. The highest BCUT2D eigenvalue weighted by Crippen LogP contribution is 2.18. The maximum atomic E-state index is 10.2. The summed E-state index contributed by atoms with van der Waals surface area (Å²) in [6.07, 6.45) is 2.78. The lowest BCUT2D eigenvalue weighted by Crippen LogP contribution is -1.88. The van der Waals surface area contributed by atoms with E-state index < -0.39 is 0 Å². The van der Waals surface area contributed by atoms with Crippen molar-refractivity contribution in [2.75, 3.05) is 0 Å². The van der Waals surface area contributed by atoms with E-state index in [1.165, 1.54) is 0 Å². The van der Waals surface area contributed by atoms with Crippen molar-refractivity contribution in [3.63, 3.8) is 0 Å². The van der Waals surface area contributed by atoms with Gasteiger partial charge in [0.25, 0.3) is 0 Å². The van der Waals surface area contributed by atoms with Crippen LogP contribution in [0.1, 0.15) is 5.56 Å². The Labute approximate surface area is 77.7 Å². The van der Waals surface area contributed by atoms with Gasteiger partial charge in [-0.1, -0.05) is 11.6 Å². The van der Waals surface area contributed by atoms with Crippen LogP contribution in [0.15, 0.2) is 16.7 Å². The van der Waals surface area contributed by atoms with Crippen molar-refractivity contribution < 1.29 is 4.79 Å². The van der Waals surface area contributed by atoms with Gasteiger partial charge in [0, 0.05) is 17.1 Å². The average Bonchev–Trinajstić information content (AvgIpc) is 1.98. The number of carbonyl (C=O) groups excluding carboxylic acids is 1. The second kappa shape index (κ2) is 3.83. The van der Waals surface area contributed by atoms with E-state index in [9.17, 15) is 4.79 Å². The van der Waals surface area contributed by atoms with Crippen LogP contribution in [0.2, 0.25) is 5.15 Å². The quantitative estimate of drug-likeness (QED) is 0.580. The fourth-order valence-corrected chi connectivity index (χ4v) is 1.26. The number of hydrogen-bond donors (Lipinski definition) is 0. The van der Waals surface area contributed by atoms with E-state index in [0.717, 1.165) is 16.3 Å². The molecule has 4 heteroatoms. The molecule has 0 fully saturated rings. The van der Waals surface area contributed by atoms with Crippen LogP contribution < -0.4 is 0 Å². The number of nitrogens with zero attached hydrogens (tertiary/aromatic N) is 1. The molecule has 0 spiro atoms. The van der Waals surface area contributed by atoms with Crippen LogP contribution >= 0.6 is 27.5 Å². The predicted molar refractivity (Wildman–Crippen MR) is 46.7 cm³/mol. The van der Waals surface area contributed by atoms with Crippen molar-refractivity contribution in [1.82, 2.24) is 4.98 Å². The summed E-state index contributed by atoms with van der Waals surface area (Å²) in [5.74, 6) is 0. The van der Waals surface area contributed by atoms with Crippen LogP contribution in [0, 0.1) is 0 Å². The van der Waals surface area contributed by atoms with Crippen LogP contribution in [-0.4, -0.2) is 11.3 Å². The number of pyridine rings is 1. The van der Waals surface area contributed by atoms with E-state index in [1.54, 1.807) is 12.3 Å². The molecule has 0 aliphatic carbocycles. The molecule has 1 aromatic rings. The number of hydrogen-bond acceptors (Lipinski definition) is 2. The fourth-order valence-electron chi connectivity index (χ4n) is 0.697. The molecular formula is C7H5BrClNO. The van der Waals surface area contributed by atoms with Gasteiger partial charge in [-0.2, -0.15) is 0 Å². The molecule has 1 rings (SSSR count). The molecule has 1 heterocycles. The standard InChI is InChI=1S/C7H5BrClNO/c8-6-4-10-7(9)3-5(6)1-2-11/h2-4H,1H2. The third-order valence-corrected chi connectivity index (χ3v) is 2.13. The summed E-state index contributed by atoms with van der Waals surface area (Å²) in [7, 11) is 0. The molecule has 0 N–H and O–H groups in total. The van der Waals surface area contributed by atoms with Gasteiger partial charge in [0.1, 0.15) is 11.4 Å². The Morgan fingerprint density at radius 2 is 2.45 bits per heavy atom. The molecule has 11 heavy (non-hydrogen) atoms. The Bertz CT molecular complexity index is 277. The largest absolute Gasteiger partial charge is 0.303 e. The first-order valence-electron chi connectivity index (χ1n) is 2.97. The molecule has 0 bridgehead atoms. The summed E-state index contributed by atoms with van der Waals surface area (Å²) in [4.78, 5) is 14.0. The number of rotatable bonds is 2. The van der Waals surface area contributed by atoms with E-state index in [2.05, 4.69) is 20.9 Å². The lowest BCUT2D eigenvalue weighted by Gasteiger charge is -1.98. The van der Waals surface area contributed by atoms with Crippen LogP contribution in [0.4, 0.5) is 0 Å². The fraction of sp³-hybridized carbons (Fsp3) is 0.143. The van der Waals surface area contributed by atoms with E-state index >= 15 is 0 Å². The minimum Gasteiger partial charge on any atom is -0.303 e. The highest BCUT2D eigenvalue weighted by Gasteiger charge is 1.99. The van der Waals surface area contributed by atoms with E-state index in [1.807, 2.05) is 0 Å². The van der Waals surface area contributed by atoms with Crippen LogP contribution in [-0.2, 0) is 11.2 Å². The summed E-state index contributed by atoms with van der Waals surface area (Å²) < 4.78 is 0.814. The molecule has 0 radical (unpaired) electrons. The first-order chi connectivity index (χ1) is 5.24. The lowest BCUT2D eigenvalue weighted by atomic mass is 10.2. The summed E-state index contributed by atoms with van der Waals surface area (Å²) >= 11 is 8.86. The number of aromatic nitrogens is 1. The monoisotopic (exact) mass is 233 g/mol. The molecule has 0 atom stereocenters. The maximum absolute atomic E-state index is 10.2. The second-order valence-corrected chi connectivity index (χ2v) is 3.21. The highest BCUT2D eigenvalue weighted by molar-refractivity contribution is 9.10. The zero-order valence-corrected chi connectivity index (χ0v) is 7.89. The first kappa shape index (κ1) is 8.68. The summed E-state index contributed by atoms with van der Waals surface area (Å²) in [5, 5.41) is 0.407. The van der Waals surface area contributed by atoms with Crippen molar-refractivity contribution in [2.24, 2.45) is 0 Å². The highest BCUT2D eigenvalue weighted by atomic mass is 79.9. The molecule has 58 valence electrons. The van der Waals surface area contributed by atoms with Crippen LogP contribution in [0.5, 0.6) is 0 Å². The molecule has 2 nitrogen and oxygen atoms in total. The van der Waals surface area contributed by atoms with Crippen molar-refractivity contribution in [3.8, 4) is 0 Å². The smallest absolute Gasteiger partial charge is 0.129 e. The maximum Gasteiger partial charge on any atom is 0.129 e. The van der Waals surface area contributed by atoms with Crippen molar-refractivity contribution >= 4 is 33.8 Å². The Morgan fingerprint density at radius 1 is 1.73 bits per heavy atom. The van der Waals surface area contributed by atoms with Gasteiger partial charge in [-0.3, -0.25) is 0 Å². The summed E-state index contributed by atoms with van der Waals surface area (Å²) in [6.45, 7) is 0. The zero-order valence-electron chi connectivity index (χ0n) is 5.55. The topological polar surface area (TPSA) is 30.0 Å². The lowest BCUT2D eigenvalue weighted by molar-refractivity contribution is -0.107. The van der Waals surface area contributed by atoms with Gasteiger partial charge in [-0.25, -0.2) is 4.98 Å².